The Balaban J connectivity index is 0. The first-order chi connectivity index (χ1) is 5.91. The van der Waals surface area contributed by atoms with Crippen molar-refractivity contribution in [2.75, 3.05) is 0 Å². The summed E-state index contributed by atoms with van der Waals surface area (Å²) in [6.45, 7) is 6.85. The number of allylic oxidation sites excluding steroid dienone is 9. The average Bonchev–Trinajstić information content (AvgIpc) is 2.37. The van der Waals surface area contributed by atoms with E-state index in [9.17, 15) is 0 Å². The first-order valence-electron chi connectivity index (χ1n) is 3.96. The maximum absolute atomic E-state index is 4.93. The van der Waals surface area contributed by atoms with Gasteiger partial charge in [-0.1, -0.05) is 25.5 Å². The van der Waals surface area contributed by atoms with Crippen molar-refractivity contribution >= 4 is 0 Å². The molecule has 0 saturated heterocycles. The maximum Gasteiger partial charge on any atom is 2.00 e. The van der Waals surface area contributed by atoms with Crippen LogP contribution >= 0.6 is 0 Å². The van der Waals surface area contributed by atoms with Gasteiger partial charge in [-0.3, -0.25) is 12.7 Å². The Morgan fingerprint density at radius 3 is 2.62 bits per heavy atom. The van der Waals surface area contributed by atoms with E-state index in [4.69, 9.17) is 6.58 Å². The molecule has 0 aliphatic heterocycles. The van der Waals surface area contributed by atoms with Crippen LogP contribution in [-0.4, -0.2) is 0 Å². The first kappa shape index (κ1) is 14.9. The molecule has 0 amide bonds. The van der Waals surface area contributed by atoms with Crippen LogP contribution in [0, 0.1) is 12.7 Å². The Labute approximate surface area is 96.3 Å². The van der Waals surface area contributed by atoms with Crippen LogP contribution in [0.4, 0.5) is 0 Å². The van der Waals surface area contributed by atoms with Gasteiger partial charge in [-0.15, -0.1) is 6.08 Å². The molecule has 13 heavy (non-hydrogen) atoms. The number of hydrogen-bond donors (Lipinski definition) is 0. The molecule has 0 spiro atoms. The Kier molecular flexibility index (Phi) is 16.0. The van der Waals surface area contributed by atoms with Gasteiger partial charge >= 0.3 is 21.7 Å². The topological polar surface area (TPSA) is 0 Å². The van der Waals surface area contributed by atoms with Crippen LogP contribution in [0.25, 0.3) is 0 Å². The van der Waals surface area contributed by atoms with Crippen molar-refractivity contribution in [1.29, 1.82) is 0 Å². The first-order valence-corrected chi connectivity index (χ1v) is 3.96. The Morgan fingerprint density at radius 2 is 2.08 bits per heavy atom. The zero-order chi connectivity index (χ0) is 9.07. The van der Waals surface area contributed by atoms with Gasteiger partial charge in [0.2, 0.25) is 0 Å². The molecule has 1 heteroatoms. The van der Waals surface area contributed by atoms with Gasteiger partial charge in [-0.2, -0.15) is 6.08 Å². The third-order valence-electron chi connectivity index (χ3n) is 1.11. The summed E-state index contributed by atoms with van der Waals surface area (Å²) in [6.07, 6.45) is 19.2. The van der Waals surface area contributed by atoms with Crippen LogP contribution in [0.1, 0.15) is 13.3 Å². The van der Waals surface area contributed by atoms with Crippen molar-refractivity contribution in [2.24, 2.45) is 0 Å². The van der Waals surface area contributed by atoms with E-state index in [2.05, 4.69) is 12.2 Å². The summed E-state index contributed by atoms with van der Waals surface area (Å²) < 4.78 is 0. The van der Waals surface area contributed by atoms with E-state index in [1.165, 1.54) is 6.08 Å². The third-order valence-corrected chi connectivity index (χ3v) is 1.11. The Bertz CT molecular complexity index is 193. The average molecular weight is 206 g/mol. The second kappa shape index (κ2) is 14.0. The van der Waals surface area contributed by atoms with Crippen molar-refractivity contribution < 1.29 is 21.7 Å². The zero-order valence-corrected chi connectivity index (χ0v) is 9.46. The molecule has 0 aromatic heterocycles. The molecule has 0 heterocycles. The molecular weight excluding hydrogens is 192 g/mol. The van der Waals surface area contributed by atoms with Crippen molar-refractivity contribution in [3.63, 3.8) is 0 Å². The van der Waals surface area contributed by atoms with E-state index in [1.54, 1.807) is 6.08 Å². The molecular formula is C12H14Ti. The SMILES string of the molecule is [C-]1=CC=CC=CC1.[CH-]=CC=CC.[Ti+2]. The minimum absolute atomic E-state index is 0. The van der Waals surface area contributed by atoms with Gasteiger partial charge in [-0.05, 0) is 0 Å². The van der Waals surface area contributed by atoms with E-state index in [0.717, 1.165) is 6.42 Å². The van der Waals surface area contributed by atoms with Crippen molar-refractivity contribution in [3.8, 4) is 0 Å². The maximum atomic E-state index is 4.93. The normalized spacial score (nSPS) is 12.7. The molecule has 0 fully saturated rings. The van der Waals surface area contributed by atoms with Crippen LogP contribution < -0.4 is 0 Å². The van der Waals surface area contributed by atoms with Gasteiger partial charge in [0.05, 0.1) is 0 Å². The molecule has 1 aliphatic rings. The summed E-state index contributed by atoms with van der Waals surface area (Å²) in [5.74, 6) is 0. The van der Waals surface area contributed by atoms with E-state index < -0.39 is 0 Å². The number of hydrogen-bond acceptors (Lipinski definition) is 0. The summed E-state index contributed by atoms with van der Waals surface area (Å²) in [5, 5.41) is 0. The molecule has 0 bridgehead atoms. The summed E-state index contributed by atoms with van der Waals surface area (Å²) in [6, 6.07) is 0. The summed E-state index contributed by atoms with van der Waals surface area (Å²) in [7, 11) is 0. The van der Waals surface area contributed by atoms with Crippen LogP contribution in [0.3, 0.4) is 0 Å². The van der Waals surface area contributed by atoms with Crippen LogP contribution in [0.2, 0.25) is 0 Å². The van der Waals surface area contributed by atoms with Crippen LogP contribution in [0.15, 0.2) is 48.6 Å². The third kappa shape index (κ3) is 14.3. The molecule has 1 aliphatic carbocycles. The molecule has 0 saturated carbocycles. The van der Waals surface area contributed by atoms with Crippen molar-refractivity contribution in [1.82, 2.24) is 0 Å². The fraction of sp³-hybridized carbons (Fsp3) is 0.167. The van der Waals surface area contributed by atoms with Crippen LogP contribution in [-0.2, 0) is 21.7 Å². The number of rotatable bonds is 1. The quantitative estimate of drug-likeness (QED) is 0.350. The van der Waals surface area contributed by atoms with E-state index in [-0.39, 0.29) is 21.7 Å². The Morgan fingerprint density at radius 1 is 1.31 bits per heavy atom. The molecule has 0 radical (unpaired) electrons. The molecule has 1 rings (SSSR count). The molecule has 0 unspecified atom stereocenters. The van der Waals surface area contributed by atoms with Crippen molar-refractivity contribution in [2.45, 2.75) is 13.3 Å². The summed E-state index contributed by atoms with van der Waals surface area (Å²) >= 11 is 0. The molecule has 0 aromatic rings. The minimum Gasteiger partial charge on any atom is -0.293 e. The molecule has 0 aromatic carbocycles. The van der Waals surface area contributed by atoms with E-state index in [1.807, 2.05) is 37.3 Å². The van der Waals surface area contributed by atoms with Gasteiger partial charge in [0.15, 0.2) is 0 Å². The van der Waals surface area contributed by atoms with Gasteiger partial charge in [0.1, 0.15) is 0 Å². The second-order valence-electron chi connectivity index (χ2n) is 2.11. The fourth-order valence-corrected chi connectivity index (χ4v) is 0.582. The molecule has 0 N–H and O–H groups in total. The standard InChI is InChI=1S/C7H7.C5H7.Ti/c1-2-4-6-7-5-3-1;1-3-5-4-2;/h1-5H,6H2;1,3-5H,2H3;/q2*-1;+2. The van der Waals surface area contributed by atoms with Gasteiger partial charge in [0.25, 0.3) is 0 Å². The predicted octanol–water partition coefficient (Wildman–Crippen LogP) is 3.41. The zero-order valence-electron chi connectivity index (χ0n) is 7.90. The molecule has 0 nitrogen and oxygen atoms in total. The Hall–Kier alpha value is -0.586. The predicted molar refractivity (Wildman–Crippen MR) is 54.4 cm³/mol. The van der Waals surface area contributed by atoms with Gasteiger partial charge in [0, 0.05) is 0 Å². The van der Waals surface area contributed by atoms with Gasteiger partial charge < -0.3 is 0 Å². The summed E-state index contributed by atoms with van der Waals surface area (Å²) in [4.78, 5) is 0. The van der Waals surface area contributed by atoms with E-state index >= 15 is 0 Å². The van der Waals surface area contributed by atoms with Gasteiger partial charge in [-0.25, -0.2) is 24.3 Å². The van der Waals surface area contributed by atoms with E-state index in [0.29, 0.717) is 0 Å². The minimum atomic E-state index is 0. The molecule has 0 atom stereocenters. The largest absolute Gasteiger partial charge is 2.00 e. The molecule has 66 valence electrons. The summed E-state index contributed by atoms with van der Waals surface area (Å²) in [5.41, 5.74) is 0. The van der Waals surface area contributed by atoms with Crippen molar-refractivity contribution in [3.05, 3.63) is 61.3 Å². The fourth-order valence-electron chi connectivity index (χ4n) is 0.582. The van der Waals surface area contributed by atoms with Crippen LogP contribution in [0.5, 0.6) is 0 Å². The smallest absolute Gasteiger partial charge is 0.293 e. The monoisotopic (exact) mass is 206 g/mol. The second-order valence-corrected chi connectivity index (χ2v) is 2.11.